The van der Waals surface area contributed by atoms with Gasteiger partial charge in [0.25, 0.3) is 0 Å². The van der Waals surface area contributed by atoms with Gasteiger partial charge in [0.1, 0.15) is 0 Å². The first-order valence-corrected chi connectivity index (χ1v) is 8.22. The lowest BCUT2D eigenvalue weighted by Crippen LogP contribution is -2.42. The van der Waals surface area contributed by atoms with Gasteiger partial charge in [-0.1, -0.05) is 30.2 Å². The normalized spacial score (nSPS) is 22.0. The summed E-state index contributed by atoms with van der Waals surface area (Å²) >= 11 is 5.79. The van der Waals surface area contributed by atoms with Crippen LogP contribution in [-0.4, -0.2) is 25.3 Å². The van der Waals surface area contributed by atoms with E-state index in [-0.39, 0.29) is 11.8 Å². The molecule has 100 valence electrons. The molecule has 1 saturated heterocycles. The third-order valence-corrected chi connectivity index (χ3v) is 5.57. The molecule has 1 atom stereocenters. The summed E-state index contributed by atoms with van der Waals surface area (Å²) in [5, 5.41) is 0.627. The number of hydrogen-bond donors (Lipinski definition) is 0. The summed E-state index contributed by atoms with van der Waals surface area (Å²) in [5.74, 6) is 0.0640. The second kappa shape index (κ2) is 5.59. The molecule has 0 bridgehead atoms. The Balaban J connectivity index is 2.13. The van der Waals surface area contributed by atoms with Gasteiger partial charge < -0.3 is 0 Å². The highest BCUT2D eigenvalue weighted by molar-refractivity contribution is 7.88. The van der Waals surface area contributed by atoms with Crippen LogP contribution < -0.4 is 0 Å². The molecular formula is C13H18ClNO2S. The molecule has 0 aliphatic carbocycles. The number of benzene rings is 1. The maximum atomic E-state index is 12.3. The Morgan fingerprint density at radius 2 is 1.94 bits per heavy atom. The van der Waals surface area contributed by atoms with Crippen LogP contribution in [0.1, 0.15) is 31.7 Å². The maximum Gasteiger partial charge on any atom is 0.218 e. The lowest BCUT2D eigenvalue weighted by atomic mass is 10.1. The van der Waals surface area contributed by atoms with E-state index >= 15 is 0 Å². The smallest absolute Gasteiger partial charge is 0.212 e. The Bertz CT molecular complexity index is 498. The average molecular weight is 288 g/mol. The third kappa shape index (κ3) is 3.25. The van der Waals surface area contributed by atoms with Crippen LogP contribution in [-0.2, 0) is 15.8 Å². The van der Waals surface area contributed by atoms with E-state index in [1.165, 1.54) is 0 Å². The quantitative estimate of drug-likeness (QED) is 0.857. The van der Waals surface area contributed by atoms with Crippen molar-refractivity contribution in [3.8, 4) is 0 Å². The topological polar surface area (TPSA) is 37.4 Å². The van der Waals surface area contributed by atoms with E-state index in [2.05, 4.69) is 0 Å². The fraction of sp³-hybridized carbons (Fsp3) is 0.538. The van der Waals surface area contributed by atoms with Gasteiger partial charge in [-0.05, 0) is 37.5 Å². The van der Waals surface area contributed by atoms with Gasteiger partial charge >= 0.3 is 0 Å². The molecule has 0 amide bonds. The molecule has 18 heavy (non-hydrogen) atoms. The Hall–Kier alpha value is -0.580. The van der Waals surface area contributed by atoms with Crippen molar-refractivity contribution in [1.82, 2.24) is 4.31 Å². The highest BCUT2D eigenvalue weighted by atomic mass is 35.5. The molecule has 1 aliphatic heterocycles. The molecule has 3 nitrogen and oxygen atoms in total. The summed E-state index contributed by atoms with van der Waals surface area (Å²) in [6.45, 7) is 2.63. The number of sulfonamides is 1. The van der Waals surface area contributed by atoms with Crippen molar-refractivity contribution in [2.75, 3.05) is 6.54 Å². The zero-order valence-electron chi connectivity index (χ0n) is 10.5. The van der Waals surface area contributed by atoms with Crippen molar-refractivity contribution in [3.05, 3.63) is 34.9 Å². The van der Waals surface area contributed by atoms with Crippen LogP contribution in [0.15, 0.2) is 24.3 Å². The first-order valence-electron chi connectivity index (χ1n) is 6.23. The molecule has 2 rings (SSSR count). The van der Waals surface area contributed by atoms with E-state index in [4.69, 9.17) is 11.6 Å². The van der Waals surface area contributed by atoms with Crippen LogP contribution >= 0.6 is 11.6 Å². The predicted octanol–water partition coefficient (Wildman–Crippen LogP) is 3.04. The molecule has 5 heteroatoms. The minimum atomic E-state index is -3.21. The maximum absolute atomic E-state index is 12.3. The second-order valence-corrected chi connectivity index (χ2v) is 7.20. The van der Waals surface area contributed by atoms with Crippen molar-refractivity contribution in [1.29, 1.82) is 0 Å². The lowest BCUT2D eigenvalue weighted by Gasteiger charge is -2.32. The molecule has 1 fully saturated rings. The summed E-state index contributed by atoms with van der Waals surface area (Å²) in [6, 6.07) is 7.12. The van der Waals surface area contributed by atoms with E-state index in [9.17, 15) is 8.42 Å². The number of rotatable bonds is 3. The highest BCUT2D eigenvalue weighted by Crippen LogP contribution is 2.22. The van der Waals surface area contributed by atoms with Crippen LogP contribution in [0.5, 0.6) is 0 Å². The molecule has 1 aromatic rings. The molecule has 1 aromatic carbocycles. The number of piperidine rings is 1. The number of hydrogen-bond acceptors (Lipinski definition) is 2. The number of halogens is 1. The van der Waals surface area contributed by atoms with Gasteiger partial charge in [-0.3, -0.25) is 0 Å². The summed E-state index contributed by atoms with van der Waals surface area (Å²) < 4.78 is 26.3. The predicted molar refractivity (Wildman–Crippen MR) is 74.1 cm³/mol. The molecule has 1 aliphatic rings. The Morgan fingerprint density at radius 3 is 2.56 bits per heavy atom. The molecule has 0 N–H and O–H groups in total. The molecule has 0 saturated carbocycles. The van der Waals surface area contributed by atoms with Crippen LogP contribution in [0, 0.1) is 0 Å². The molecule has 1 unspecified atom stereocenters. The van der Waals surface area contributed by atoms with E-state index in [1.807, 2.05) is 6.92 Å². The van der Waals surface area contributed by atoms with Crippen molar-refractivity contribution in [2.24, 2.45) is 0 Å². The van der Waals surface area contributed by atoms with E-state index in [0.717, 1.165) is 24.8 Å². The van der Waals surface area contributed by atoms with Gasteiger partial charge in [-0.15, -0.1) is 0 Å². The summed E-state index contributed by atoms with van der Waals surface area (Å²) in [6.07, 6.45) is 3.04. The lowest BCUT2D eigenvalue weighted by molar-refractivity contribution is 0.268. The average Bonchev–Trinajstić information content (AvgIpc) is 2.32. The minimum absolute atomic E-state index is 0.0640. The first kappa shape index (κ1) is 13.8. The fourth-order valence-corrected chi connectivity index (χ4v) is 4.33. The second-order valence-electron chi connectivity index (χ2n) is 4.84. The van der Waals surface area contributed by atoms with Crippen molar-refractivity contribution in [3.63, 3.8) is 0 Å². The third-order valence-electron chi connectivity index (χ3n) is 3.36. The molecule has 0 spiro atoms. The Labute approximate surface area is 114 Å². The van der Waals surface area contributed by atoms with Crippen molar-refractivity contribution < 1.29 is 8.42 Å². The van der Waals surface area contributed by atoms with Gasteiger partial charge in [-0.2, -0.15) is 4.31 Å². The Kier molecular flexibility index (Phi) is 4.30. The van der Waals surface area contributed by atoms with Crippen molar-refractivity contribution >= 4 is 21.6 Å². The zero-order chi connectivity index (χ0) is 13.2. The first-order chi connectivity index (χ1) is 8.49. The summed E-state index contributed by atoms with van der Waals surface area (Å²) in [7, 11) is -3.21. The van der Waals surface area contributed by atoms with Gasteiger partial charge in [0.15, 0.2) is 0 Å². The highest BCUT2D eigenvalue weighted by Gasteiger charge is 2.29. The summed E-state index contributed by atoms with van der Waals surface area (Å²) in [5.41, 5.74) is 0.789. The minimum Gasteiger partial charge on any atom is -0.212 e. The monoisotopic (exact) mass is 287 g/mol. The SMILES string of the molecule is CC1CCCCN1S(=O)(=O)Cc1ccc(Cl)cc1. The summed E-state index contributed by atoms with van der Waals surface area (Å²) in [4.78, 5) is 0. The van der Waals surface area contributed by atoms with Gasteiger partial charge in [-0.25, -0.2) is 8.42 Å². The van der Waals surface area contributed by atoms with Crippen LogP contribution in [0.4, 0.5) is 0 Å². The Morgan fingerprint density at radius 1 is 1.28 bits per heavy atom. The van der Waals surface area contributed by atoms with Gasteiger partial charge in [0, 0.05) is 17.6 Å². The van der Waals surface area contributed by atoms with Gasteiger partial charge in [0.05, 0.1) is 5.75 Å². The van der Waals surface area contributed by atoms with Crippen molar-refractivity contribution in [2.45, 2.75) is 38.0 Å². The molecule has 1 heterocycles. The molecular weight excluding hydrogens is 270 g/mol. The van der Waals surface area contributed by atoms with E-state index < -0.39 is 10.0 Å². The molecule has 0 radical (unpaired) electrons. The van der Waals surface area contributed by atoms with E-state index in [0.29, 0.717) is 11.6 Å². The van der Waals surface area contributed by atoms with Crippen LogP contribution in [0.3, 0.4) is 0 Å². The standard InChI is InChI=1S/C13H18ClNO2S/c1-11-4-2-3-9-15(11)18(16,17)10-12-5-7-13(14)8-6-12/h5-8,11H,2-4,9-10H2,1H3. The number of nitrogens with zero attached hydrogens (tertiary/aromatic N) is 1. The fourth-order valence-electron chi connectivity index (χ4n) is 2.36. The zero-order valence-corrected chi connectivity index (χ0v) is 12.0. The van der Waals surface area contributed by atoms with Gasteiger partial charge in [0.2, 0.25) is 10.0 Å². The largest absolute Gasteiger partial charge is 0.218 e. The molecule has 0 aromatic heterocycles. The van der Waals surface area contributed by atoms with Crippen LogP contribution in [0.2, 0.25) is 5.02 Å². The van der Waals surface area contributed by atoms with Crippen LogP contribution in [0.25, 0.3) is 0 Å². The van der Waals surface area contributed by atoms with E-state index in [1.54, 1.807) is 28.6 Å².